The van der Waals surface area contributed by atoms with Gasteiger partial charge in [0.25, 0.3) is 0 Å². The van der Waals surface area contributed by atoms with E-state index in [-0.39, 0.29) is 5.91 Å². The third-order valence-electron chi connectivity index (χ3n) is 2.77. The molecule has 6 heteroatoms. The Morgan fingerprint density at radius 1 is 1.19 bits per heavy atom. The normalized spacial score (nSPS) is 10.4. The Balaban J connectivity index is 1.72. The molecule has 0 bridgehead atoms. The quantitative estimate of drug-likeness (QED) is 0.800. The van der Waals surface area contributed by atoms with Crippen molar-refractivity contribution < 1.29 is 4.79 Å². The van der Waals surface area contributed by atoms with E-state index in [9.17, 15) is 4.79 Å². The van der Waals surface area contributed by atoms with E-state index >= 15 is 0 Å². The SMILES string of the molecule is O=C(CCNCc1ccccn1)Nc1ccc(Cl)cc1Cl. The summed E-state index contributed by atoms with van der Waals surface area (Å²) in [6.07, 6.45) is 2.10. The zero-order chi connectivity index (χ0) is 15.1. The van der Waals surface area contributed by atoms with Crippen LogP contribution in [0.5, 0.6) is 0 Å². The Morgan fingerprint density at radius 3 is 2.76 bits per heavy atom. The molecule has 1 aromatic heterocycles. The number of carbonyl (C=O) groups excluding carboxylic acids is 1. The summed E-state index contributed by atoms with van der Waals surface area (Å²) < 4.78 is 0. The van der Waals surface area contributed by atoms with Crippen molar-refractivity contribution in [3.8, 4) is 0 Å². The van der Waals surface area contributed by atoms with Crippen molar-refractivity contribution in [3.05, 3.63) is 58.3 Å². The van der Waals surface area contributed by atoms with Crippen LogP contribution in [0.4, 0.5) is 5.69 Å². The smallest absolute Gasteiger partial charge is 0.225 e. The van der Waals surface area contributed by atoms with Crippen molar-refractivity contribution in [2.75, 3.05) is 11.9 Å². The summed E-state index contributed by atoms with van der Waals surface area (Å²) in [6.45, 7) is 1.20. The highest BCUT2D eigenvalue weighted by Crippen LogP contribution is 2.25. The van der Waals surface area contributed by atoms with Gasteiger partial charge in [-0.1, -0.05) is 29.3 Å². The molecule has 0 saturated carbocycles. The van der Waals surface area contributed by atoms with Gasteiger partial charge in [-0.25, -0.2) is 0 Å². The number of halogens is 2. The number of hydrogen-bond acceptors (Lipinski definition) is 3. The van der Waals surface area contributed by atoms with Gasteiger partial charge in [-0.2, -0.15) is 0 Å². The summed E-state index contributed by atoms with van der Waals surface area (Å²) in [5, 5.41) is 6.88. The highest BCUT2D eigenvalue weighted by Gasteiger charge is 2.06. The minimum atomic E-state index is -0.104. The largest absolute Gasteiger partial charge is 0.325 e. The van der Waals surface area contributed by atoms with Crippen molar-refractivity contribution in [2.45, 2.75) is 13.0 Å². The minimum absolute atomic E-state index is 0.104. The number of rotatable bonds is 6. The molecule has 0 saturated heterocycles. The van der Waals surface area contributed by atoms with Crippen molar-refractivity contribution >= 4 is 34.8 Å². The zero-order valence-electron chi connectivity index (χ0n) is 11.3. The number of nitrogens with one attached hydrogen (secondary N) is 2. The molecule has 0 spiro atoms. The van der Waals surface area contributed by atoms with Crippen LogP contribution in [0.15, 0.2) is 42.6 Å². The second kappa shape index (κ2) is 7.98. The number of amides is 1. The van der Waals surface area contributed by atoms with E-state index in [1.54, 1.807) is 24.4 Å². The van der Waals surface area contributed by atoms with Gasteiger partial charge in [-0.05, 0) is 30.3 Å². The van der Waals surface area contributed by atoms with E-state index in [4.69, 9.17) is 23.2 Å². The Hall–Kier alpha value is -1.62. The molecule has 1 amide bonds. The second-order valence-electron chi connectivity index (χ2n) is 4.42. The maximum Gasteiger partial charge on any atom is 0.225 e. The van der Waals surface area contributed by atoms with E-state index in [0.29, 0.717) is 35.2 Å². The molecule has 1 heterocycles. The van der Waals surface area contributed by atoms with Gasteiger partial charge in [0, 0.05) is 30.7 Å². The van der Waals surface area contributed by atoms with Gasteiger partial charge in [0.2, 0.25) is 5.91 Å². The van der Waals surface area contributed by atoms with Gasteiger partial charge in [0.15, 0.2) is 0 Å². The fraction of sp³-hybridized carbons (Fsp3) is 0.200. The number of aromatic nitrogens is 1. The van der Waals surface area contributed by atoms with Gasteiger partial charge in [-0.15, -0.1) is 0 Å². The first-order valence-corrected chi connectivity index (χ1v) is 7.26. The van der Waals surface area contributed by atoms with Crippen LogP contribution in [0.2, 0.25) is 10.0 Å². The highest BCUT2D eigenvalue weighted by molar-refractivity contribution is 6.36. The summed E-state index contributed by atoms with van der Waals surface area (Å²) in [5.74, 6) is -0.104. The highest BCUT2D eigenvalue weighted by atomic mass is 35.5. The van der Waals surface area contributed by atoms with Crippen LogP contribution >= 0.6 is 23.2 Å². The molecule has 0 atom stereocenters. The van der Waals surface area contributed by atoms with Crippen LogP contribution in [0.1, 0.15) is 12.1 Å². The maximum atomic E-state index is 11.8. The molecule has 110 valence electrons. The average Bonchev–Trinajstić information content (AvgIpc) is 2.48. The molecule has 2 rings (SSSR count). The van der Waals surface area contributed by atoms with Crippen molar-refractivity contribution in [1.82, 2.24) is 10.3 Å². The fourth-order valence-electron chi connectivity index (χ4n) is 1.72. The molecule has 21 heavy (non-hydrogen) atoms. The lowest BCUT2D eigenvalue weighted by atomic mass is 10.3. The molecule has 0 unspecified atom stereocenters. The Morgan fingerprint density at radius 2 is 2.05 bits per heavy atom. The standard InChI is InChI=1S/C15H15Cl2N3O/c16-11-4-5-14(13(17)9-11)20-15(21)6-8-18-10-12-3-1-2-7-19-12/h1-5,7,9,18H,6,8,10H2,(H,20,21). The number of benzene rings is 1. The van der Waals surface area contributed by atoms with Gasteiger partial charge in [-0.3, -0.25) is 9.78 Å². The van der Waals surface area contributed by atoms with Crippen LogP contribution in [0.3, 0.4) is 0 Å². The molecule has 0 aliphatic carbocycles. The number of hydrogen-bond donors (Lipinski definition) is 2. The molecule has 0 aliphatic heterocycles. The van der Waals surface area contributed by atoms with E-state index in [1.807, 2.05) is 18.2 Å². The summed E-state index contributed by atoms with van der Waals surface area (Å²) in [6, 6.07) is 10.7. The molecule has 1 aromatic carbocycles. The molecular formula is C15H15Cl2N3O. The van der Waals surface area contributed by atoms with Crippen molar-refractivity contribution in [1.29, 1.82) is 0 Å². The minimum Gasteiger partial charge on any atom is -0.325 e. The van der Waals surface area contributed by atoms with Crippen molar-refractivity contribution in [3.63, 3.8) is 0 Å². The topological polar surface area (TPSA) is 54.0 Å². The third kappa shape index (κ3) is 5.34. The average molecular weight is 324 g/mol. The van der Waals surface area contributed by atoms with Crippen LogP contribution in [-0.4, -0.2) is 17.4 Å². The second-order valence-corrected chi connectivity index (χ2v) is 5.26. The number of carbonyl (C=O) groups is 1. The fourth-order valence-corrected chi connectivity index (χ4v) is 2.18. The van der Waals surface area contributed by atoms with Crippen molar-refractivity contribution in [2.24, 2.45) is 0 Å². The maximum absolute atomic E-state index is 11.8. The van der Waals surface area contributed by atoms with Gasteiger partial charge >= 0.3 is 0 Å². The predicted molar refractivity (Wildman–Crippen MR) is 85.7 cm³/mol. The molecule has 0 fully saturated rings. The molecular weight excluding hydrogens is 309 g/mol. The summed E-state index contributed by atoms with van der Waals surface area (Å²) in [7, 11) is 0. The first kappa shape index (κ1) is 15.8. The van der Waals surface area contributed by atoms with E-state index in [0.717, 1.165) is 5.69 Å². The lowest BCUT2D eigenvalue weighted by Crippen LogP contribution is -2.22. The number of pyridine rings is 1. The Labute approximate surface area is 133 Å². The van der Waals surface area contributed by atoms with Gasteiger partial charge in [0.1, 0.15) is 0 Å². The molecule has 0 aliphatic rings. The van der Waals surface area contributed by atoms with E-state index in [1.165, 1.54) is 0 Å². The van der Waals surface area contributed by atoms with E-state index < -0.39 is 0 Å². The van der Waals surface area contributed by atoms with E-state index in [2.05, 4.69) is 15.6 Å². The third-order valence-corrected chi connectivity index (χ3v) is 3.31. The Bertz CT molecular complexity index is 605. The summed E-state index contributed by atoms with van der Waals surface area (Å²) in [4.78, 5) is 16.0. The van der Waals surface area contributed by atoms with Crippen LogP contribution < -0.4 is 10.6 Å². The molecule has 2 aromatic rings. The first-order valence-electron chi connectivity index (χ1n) is 6.50. The molecule has 2 N–H and O–H groups in total. The first-order chi connectivity index (χ1) is 10.1. The van der Waals surface area contributed by atoms with Crippen LogP contribution in [0.25, 0.3) is 0 Å². The zero-order valence-corrected chi connectivity index (χ0v) is 12.8. The monoisotopic (exact) mass is 323 g/mol. The Kier molecular flexibility index (Phi) is 5.99. The molecule has 4 nitrogen and oxygen atoms in total. The lowest BCUT2D eigenvalue weighted by Gasteiger charge is -2.08. The summed E-state index contributed by atoms with van der Waals surface area (Å²) >= 11 is 11.8. The number of nitrogens with zero attached hydrogens (tertiary/aromatic N) is 1. The van der Waals surface area contributed by atoms with Gasteiger partial charge in [0.05, 0.1) is 16.4 Å². The number of anilines is 1. The van der Waals surface area contributed by atoms with Crippen LogP contribution in [-0.2, 0) is 11.3 Å². The molecule has 0 radical (unpaired) electrons. The van der Waals surface area contributed by atoms with Crippen LogP contribution in [0, 0.1) is 0 Å². The predicted octanol–water partition coefficient (Wildman–Crippen LogP) is 3.51. The summed E-state index contributed by atoms with van der Waals surface area (Å²) in [5.41, 5.74) is 1.51. The lowest BCUT2D eigenvalue weighted by molar-refractivity contribution is -0.116. The van der Waals surface area contributed by atoms with Gasteiger partial charge < -0.3 is 10.6 Å².